The zero-order valence-electron chi connectivity index (χ0n) is 12.7. The molecular weight excluding hydrogens is 268 g/mol. The molecule has 0 spiro atoms. The van der Waals surface area contributed by atoms with Crippen molar-refractivity contribution in [1.29, 1.82) is 0 Å². The fraction of sp³-hybridized carbons (Fsp3) is 0.400. The van der Waals surface area contributed by atoms with Gasteiger partial charge in [0.2, 0.25) is 0 Å². The maximum atomic E-state index is 12.3. The molecule has 2 heterocycles. The van der Waals surface area contributed by atoms with E-state index in [1.807, 2.05) is 6.07 Å². The smallest absolute Gasteiger partial charge is 0.251 e. The average molecular weight is 288 g/mol. The number of nitrogens with one attached hydrogen (secondary N) is 2. The van der Waals surface area contributed by atoms with Gasteiger partial charge in [-0.25, -0.2) is 4.98 Å². The van der Waals surface area contributed by atoms with Gasteiger partial charge >= 0.3 is 0 Å². The second-order valence-electron chi connectivity index (χ2n) is 5.80. The zero-order valence-corrected chi connectivity index (χ0v) is 12.7. The summed E-state index contributed by atoms with van der Waals surface area (Å²) in [4.78, 5) is 16.8. The number of rotatable bonds is 4. The fourth-order valence-electron chi connectivity index (χ4n) is 1.78. The number of nitrogens with zero attached hydrogens (tertiary/aromatic N) is 2. The first-order valence-electron chi connectivity index (χ1n) is 6.78. The number of carbonyl (C=O) groups excluding carboxylic acids is 1. The lowest BCUT2D eigenvalue weighted by Crippen LogP contribution is -2.24. The highest BCUT2D eigenvalue weighted by molar-refractivity contribution is 5.95. The molecule has 112 valence electrons. The van der Waals surface area contributed by atoms with E-state index < -0.39 is 0 Å². The number of pyridine rings is 1. The third-order valence-corrected chi connectivity index (χ3v) is 3.03. The molecule has 2 aromatic heterocycles. The molecule has 0 radical (unpaired) electrons. The summed E-state index contributed by atoms with van der Waals surface area (Å²) in [5.41, 5.74) is 1.99. The predicted molar refractivity (Wildman–Crippen MR) is 80.2 cm³/mol. The Morgan fingerprint density at radius 2 is 2.10 bits per heavy atom. The van der Waals surface area contributed by atoms with Crippen LogP contribution in [0, 0.1) is 0 Å². The first-order valence-corrected chi connectivity index (χ1v) is 6.78. The van der Waals surface area contributed by atoms with Gasteiger partial charge in [-0.15, -0.1) is 0 Å². The molecular formula is C15H20N4O2. The highest BCUT2D eigenvalue weighted by atomic mass is 16.5. The monoisotopic (exact) mass is 288 g/mol. The van der Waals surface area contributed by atoms with E-state index in [0.717, 1.165) is 5.69 Å². The molecule has 0 fully saturated rings. The lowest BCUT2D eigenvalue weighted by Gasteiger charge is -2.19. The SMILES string of the molecule is CNc1cc(C(=O)NCc2ccon2)cc(C(C)(C)C)n1. The van der Waals surface area contributed by atoms with Crippen LogP contribution in [0.5, 0.6) is 0 Å². The summed E-state index contributed by atoms with van der Waals surface area (Å²) < 4.78 is 4.73. The van der Waals surface area contributed by atoms with E-state index in [-0.39, 0.29) is 11.3 Å². The fourth-order valence-corrected chi connectivity index (χ4v) is 1.78. The molecule has 2 N–H and O–H groups in total. The summed E-state index contributed by atoms with van der Waals surface area (Å²) in [6.45, 7) is 6.51. The highest BCUT2D eigenvalue weighted by Gasteiger charge is 2.19. The molecule has 6 nitrogen and oxygen atoms in total. The highest BCUT2D eigenvalue weighted by Crippen LogP contribution is 2.23. The minimum Gasteiger partial charge on any atom is -0.373 e. The van der Waals surface area contributed by atoms with Gasteiger partial charge in [-0.3, -0.25) is 4.79 Å². The molecule has 0 saturated carbocycles. The van der Waals surface area contributed by atoms with Crippen molar-refractivity contribution in [3.8, 4) is 0 Å². The van der Waals surface area contributed by atoms with Gasteiger partial charge in [-0.1, -0.05) is 25.9 Å². The van der Waals surface area contributed by atoms with E-state index in [2.05, 4.69) is 41.5 Å². The standard InChI is InChI=1S/C15H20N4O2/c1-15(2,3)12-7-10(8-13(16-4)18-12)14(20)17-9-11-5-6-21-19-11/h5-8H,9H2,1-4H3,(H,16,18)(H,17,20). The second kappa shape index (κ2) is 5.95. The number of hydrogen-bond donors (Lipinski definition) is 2. The number of aromatic nitrogens is 2. The van der Waals surface area contributed by atoms with Gasteiger partial charge in [0.25, 0.3) is 5.91 Å². The minimum atomic E-state index is -0.164. The Balaban J connectivity index is 2.19. The Kier molecular flexibility index (Phi) is 4.26. The van der Waals surface area contributed by atoms with Gasteiger partial charge in [0.15, 0.2) is 0 Å². The topological polar surface area (TPSA) is 80.0 Å². The van der Waals surface area contributed by atoms with Gasteiger partial charge in [0.05, 0.1) is 6.54 Å². The van der Waals surface area contributed by atoms with Crippen molar-refractivity contribution >= 4 is 11.7 Å². The molecule has 0 aliphatic heterocycles. The van der Waals surface area contributed by atoms with Crippen molar-refractivity contribution in [2.45, 2.75) is 32.7 Å². The van der Waals surface area contributed by atoms with E-state index in [4.69, 9.17) is 4.52 Å². The van der Waals surface area contributed by atoms with Gasteiger partial charge in [0.1, 0.15) is 17.8 Å². The lowest BCUT2D eigenvalue weighted by molar-refractivity contribution is 0.0950. The number of amides is 1. The maximum Gasteiger partial charge on any atom is 0.251 e. The molecule has 0 unspecified atom stereocenters. The zero-order chi connectivity index (χ0) is 15.5. The Bertz CT molecular complexity index is 615. The van der Waals surface area contributed by atoms with Crippen molar-refractivity contribution in [1.82, 2.24) is 15.5 Å². The number of carbonyl (C=O) groups is 1. The van der Waals surface area contributed by atoms with Crippen molar-refractivity contribution in [3.63, 3.8) is 0 Å². The Labute approximate surface area is 123 Å². The quantitative estimate of drug-likeness (QED) is 0.902. The Hall–Kier alpha value is -2.37. The lowest BCUT2D eigenvalue weighted by atomic mass is 9.90. The summed E-state index contributed by atoms with van der Waals surface area (Å²) in [7, 11) is 1.78. The summed E-state index contributed by atoms with van der Waals surface area (Å²) in [5, 5.41) is 9.56. The molecule has 6 heteroatoms. The maximum absolute atomic E-state index is 12.3. The summed E-state index contributed by atoms with van der Waals surface area (Å²) in [6, 6.07) is 5.26. The summed E-state index contributed by atoms with van der Waals surface area (Å²) in [6.07, 6.45) is 1.48. The average Bonchev–Trinajstić information content (AvgIpc) is 2.96. The minimum absolute atomic E-state index is 0.131. The van der Waals surface area contributed by atoms with E-state index in [9.17, 15) is 4.79 Å². The summed E-state index contributed by atoms with van der Waals surface area (Å²) >= 11 is 0. The molecule has 0 saturated heterocycles. The van der Waals surface area contributed by atoms with Crippen LogP contribution in [-0.4, -0.2) is 23.1 Å². The van der Waals surface area contributed by atoms with Crippen LogP contribution in [0.15, 0.2) is 29.0 Å². The van der Waals surface area contributed by atoms with Crippen molar-refractivity contribution in [3.05, 3.63) is 41.4 Å². The third kappa shape index (κ3) is 3.81. The van der Waals surface area contributed by atoms with Crippen molar-refractivity contribution in [2.75, 3.05) is 12.4 Å². The van der Waals surface area contributed by atoms with Crippen LogP contribution < -0.4 is 10.6 Å². The number of anilines is 1. The van der Waals surface area contributed by atoms with E-state index in [0.29, 0.717) is 23.6 Å². The van der Waals surface area contributed by atoms with Gasteiger partial charge in [0, 0.05) is 29.8 Å². The van der Waals surface area contributed by atoms with Crippen LogP contribution in [-0.2, 0) is 12.0 Å². The van der Waals surface area contributed by atoms with E-state index in [1.165, 1.54) is 6.26 Å². The molecule has 1 amide bonds. The van der Waals surface area contributed by atoms with Gasteiger partial charge in [-0.2, -0.15) is 0 Å². The molecule has 0 bridgehead atoms. The van der Waals surface area contributed by atoms with Gasteiger partial charge < -0.3 is 15.2 Å². The van der Waals surface area contributed by atoms with Crippen LogP contribution in [0.2, 0.25) is 0 Å². The first kappa shape index (κ1) is 15.0. The normalized spacial score (nSPS) is 11.2. The molecule has 2 aromatic rings. The molecule has 21 heavy (non-hydrogen) atoms. The molecule has 0 aromatic carbocycles. The second-order valence-corrected chi connectivity index (χ2v) is 5.80. The van der Waals surface area contributed by atoms with Crippen molar-refractivity contribution in [2.24, 2.45) is 0 Å². The number of hydrogen-bond acceptors (Lipinski definition) is 5. The van der Waals surface area contributed by atoms with Gasteiger partial charge in [-0.05, 0) is 12.1 Å². The predicted octanol–water partition coefficient (Wildman–Crippen LogP) is 2.34. The third-order valence-electron chi connectivity index (χ3n) is 3.03. The van der Waals surface area contributed by atoms with Crippen LogP contribution in [0.3, 0.4) is 0 Å². The van der Waals surface area contributed by atoms with Crippen LogP contribution in [0.4, 0.5) is 5.82 Å². The Morgan fingerprint density at radius 1 is 1.33 bits per heavy atom. The van der Waals surface area contributed by atoms with Crippen LogP contribution >= 0.6 is 0 Å². The molecule has 2 rings (SSSR count). The van der Waals surface area contributed by atoms with E-state index in [1.54, 1.807) is 19.2 Å². The van der Waals surface area contributed by atoms with E-state index >= 15 is 0 Å². The largest absolute Gasteiger partial charge is 0.373 e. The van der Waals surface area contributed by atoms with Crippen LogP contribution in [0.25, 0.3) is 0 Å². The van der Waals surface area contributed by atoms with Crippen LogP contribution in [0.1, 0.15) is 42.5 Å². The first-order chi connectivity index (χ1) is 9.90. The molecule has 0 aliphatic carbocycles. The summed E-state index contributed by atoms with van der Waals surface area (Å²) in [5.74, 6) is 0.511. The Morgan fingerprint density at radius 3 is 2.67 bits per heavy atom. The molecule has 0 aliphatic rings. The van der Waals surface area contributed by atoms with Crippen molar-refractivity contribution < 1.29 is 9.32 Å². The molecule has 0 atom stereocenters.